The number of carbonyl (C=O) groups excluding carboxylic acids is 1. The van der Waals surface area contributed by atoms with Gasteiger partial charge in [-0.05, 0) is 54.1 Å². The van der Waals surface area contributed by atoms with Crippen LogP contribution < -0.4 is 10.9 Å². The summed E-state index contributed by atoms with van der Waals surface area (Å²) in [6.45, 7) is 0. The third kappa shape index (κ3) is 3.51. The molecule has 1 aromatic carbocycles. The number of aromatic nitrogens is 2. The fourth-order valence-electron chi connectivity index (χ4n) is 3.60. The van der Waals surface area contributed by atoms with Gasteiger partial charge in [0, 0.05) is 24.2 Å². The number of hydrogen-bond donors (Lipinski definition) is 3. The number of aliphatic carboxylic acids is 1. The molecule has 1 aliphatic heterocycles. The Morgan fingerprint density at radius 2 is 1.96 bits per heavy atom. The lowest BCUT2D eigenvalue weighted by Crippen LogP contribution is -2.16. The van der Waals surface area contributed by atoms with Crippen LogP contribution in [-0.4, -0.2) is 27.0 Å². The Morgan fingerprint density at radius 3 is 2.79 bits per heavy atom. The van der Waals surface area contributed by atoms with Crippen molar-refractivity contribution in [2.75, 3.05) is 5.32 Å². The number of fused-ring (bicyclic) bond motifs is 5. The number of amides is 1. The second kappa shape index (κ2) is 7.26. The van der Waals surface area contributed by atoms with Gasteiger partial charge in [0.2, 0.25) is 11.5 Å². The van der Waals surface area contributed by atoms with Gasteiger partial charge in [0.25, 0.3) is 0 Å². The molecule has 1 amide bonds. The Balaban J connectivity index is 1.94. The van der Waals surface area contributed by atoms with Gasteiger partial charge in [-0.25, -0.2) is 0 Å². The van der Waals surface area contributed by atoms with Crippen molar-refractivity contribution in [1.82, 2.24) is 9.97 Å². The van der Waals surface area contributed by atoms with Crippen LogP contribution in [0.25, 0.3) is 22.0 Å². The number of H-pyrrole nitrogens is 1. The number of hydrogen-bond acceptors (Lipinski definition) is 4. The highest BCUT2D eigenvalue weighted by Crippen LogP contribution is 2.34. The number of anilines is 1. The molecule has 0 fully saturated rings. The lowest BCUT2D eigenvalue weighted by molar-refractivity contribution is -0.139. The lowest BCUT2D eigenvalue weighted by atomic mass is 9.93. The van der Waals surface area contributed by atoms with Crippen molar-refractivity contribution in [3.05, 3.63) is 58.6 Å². The minimum atomic E-state index is -0.914. The van der Waals surface area contributed by atoms with Crippen LogP contribution in [0.4, 0.5) is 5.69 Å². The number of nitrogens with one attached hydrogen (secondary N) is 2. The Hall–Kier alpha value is -3.48. The van der Waals surface area contributed by atoms with Crippen LogP contribution in [0.5, 0.6) is 0 Å². The Kier molecular flexibility index (Phi) is 4.65. The van der Waals surface area contributed by atoms with Gasteiger partial charge in [-0.3, -0.25) is 19.4 Å². The minimum Gasteiger partial charge on any atom is -0.481 e. The Morgan fingerprint density at radius 1 is 1.11 bits per heavy atom. The maximum Gasteiger partial charge on any atom is 0.312 e. The predicted octanol–water partition coefficient (Wildman–Crippen LogP) is 3.27. The van der Waals surface area contributed by atoms with Crippen LogP contribution in [0.15, 0.2) is 47.4 Å². The molecule has 0 radical (unpaired) electrons. The number of carboxylic acid groups (broad SMARTS) is 1. The highest BCUT2D eigenvalue weighted by Gasteiger charge is 2.23. The van der Waals surface area contributed by atoms with E-state index in [4.69, 9.17) is 0 Å². The monoisotopic (exact) mass is 377 g/mol. The smallest absolute Gasteiger partial charge is 0.312 e. The SMILES string of the molecule is O=C1CCCCC(C(=O)O)c2cc(ccn2)-c2cc3ccc(=O)[nH]c3cc2N1. The molecule has 0 saturated carbocycles. The summed E-state index contributed by atoms with van der Waals surface area (Å²) in [5.41, 5.74) is 2.99. The summed E-state index contributed by atoms with van der Waals surface area (Å²) in [6.07, 6.45) is 3.54. The standard InChI is InChI=1S/C21H19N3O4/c25-19-4-2-1-3-14(21(27)28)17-10-12(7-8-22-17)15-9-13-5-6-20(26)23-16(13)11-18(15)24-19/h5-11,14H,1-4H2,(H,23,26)(H,24,25)(H,27,28). The quantitative estimate of drug-likeness (QED) is 0.602. The first-order chi connectivity index (χ1) is 13.5. The summed E-state index contributed by atoms with van der Waals surface area (Å²) in [5, 5.41) is 13.4. The van der Waals surface area contributed by atoms with E-state index in [1.807, 2.05) is 6.07 Å². The Labute approximate surface area is 160 Å². The van der Waals surface area contributed by atoms with Crippen LogP contribution in [0.2, 0.25) is 0 Å². The zero-order valence-electron chi connectivity index (χ0n) is 15.1. The second-order valence-electron chi connectivity index (χ2n) is 6.96. The largest absolute Gasteiger partial charge is 0.481 e. The van der Waals surface area contributed by atoms with E-state index in [9.17, 15) is 19.5 Å². The number of aromatic amines is 1. The number of carboxylic acids is 1. The maximum absolute atomic E-state index is 12.4. The van der Waals surface area contributed by atoms with Gasteiger partial charge in [-0.1, -0.05) is 6.42 Å². The van der Waals surface area contributed by atoms with Crippen molar-refractivity contribution in [3.8, 4) is 11.1 Å². The summed E-state index contributed by atoms with van der Waals surface area (Å²) in [6, 6.07) is 10.3. The molecule has 2 bridgehead atoms. The highest BCUT2D eigenvalue weighted by atomic mass is 16.4. The third-order valence-electron chi connectivity index (χ3n) is 5.03. The van der Waals surface area contributed by atoms with Gasteiger partial charge in [-0.2, -0.15) is 0 Å². The van der Waals surface area contributed by atoms with Crippen LogP contribution in [0.3, 0.4) is 0 Å². The number of carbonyl (C=O) groups is 2. The summed E-state index contributed by atoms with van der Waals surface area (Å²) in [7, 11) is 0. The average Bonchev–Trinajstić information content (AvgIpc) is 2.66. The molecule has 7 nitrogen and oxygen atoms in total. The molecule has 2 aromatic heterocycles. The van der Waals surface area contributed by atoms with Gasteiger partial charge in [0.05, 0.1) is 22.8 Å². The van der Waals surface area contributed by atoms with Gasteiger partial charge >= 0.3 is 5.97 Å². The molecule has 3 N–H and O–H groups in total. The maximum atomic E-state index is 12.4. The van der Waals surface area contributed by atoms with Gasteiger partial charge < -0.3 is 15.4 Å². The first kappa shape index (κ1) is 17.9. The van der Waals surface area contributed by atoms with E-state index in [2.05, 4.69) is 15.3 Å². The second-order valence-corrected chi connectivity index (χ2v) is 6.96. The molecule has 0 aliphatic carbocycles. The van der Waals surface area contributed by atoms with Crippen molar-refractivity contribution in [1.29, 1.82) is 0 Å². The average molecular weight is 377 g/mol. The first-order valence-corrected chi connectivity index (χ1v) is 9.17. The Bertz CT molecular complexity index is 1140. The fraction of sp³-hybridized carbons (Fsp3) is 0.238. The van der Waals surface area contributed by atoms with E-state index in [-0.39, 0.29) is 11.5 Å². The van der Waals surface area contributed by atoms with E-state index < -0.39 is 11.9 Å². The van der Waals surface area contributed by atoms with E-state index in [1.54, 1.807) is 30.5 Å². The highest BCUT2D eigenvalue weighted by molar-refractivity contribution is 6.00. The first-order valence-electron chi connectivity index (χ1n) is 9.17. The summed E-state index contributed by atoms with van der Waals surface area (Å²) in [5.74, 6) is -1.76. The van der Waals surface area contributed by atoms with Crippen LogP contribution in [0.1, 0.15) is 37.3 Å². The summed E-state index contributed by atoms with van der Waals surface area (Å²) in [4.78, 5) is 42.9. The van der Waals surface area contributed by atoms with Crippen LogP contribution in [0, 0.1) is 0 Å². The van der Waals surface area contributed by atoms with E-state index in [0.717, 1.165) is 16.5 Å². The molecule has 3 aromatic rings. The van der Waals surface area contributed by atoms with Crippen molar-refractivity contribution >= 4 is 28.5 Å². The third-order valence-corrected chi connectivity index (χ3v) is 5.03. The van der Waals surface area contributed by atoms with E-state index in [1.165, 1.54) is 6.07 Å². The zero-order chi connectivity index (χ0) is 19.7. The number of benzene rings is 1. The lowest BCUT2D eigenvalue weighted by Gasteiger charge is -2.17. The molecule has 0 spiro atoms. The topological polar surface area (TPSA) is 112 Å². The van der Waals surface area contributed by atoms with Crippen molar-refractivity contribution in [3.63, 3.8) is 0 Å². The normalized spacial score (nSPS) is 17.1. The molecule has 1 aliphatic rings. The molecule has 3 heterocycles. The van der Waals surface area contributed by atoms with Crippen LogP contribution >= 0.6 is 0 Å². The summed E-state index contributed by atoms with van der Waals surface area (Å²) < 4.78 is 0. The fourth-order valence-corrected chi connectivity index (χ4v) is 3.60. The minimum absolute atomic E-state index is 0.138. The number of pyridine rings is 2. The molecule has 1 unspecified atom stereocenters. The molecule has 142 valence electrons. The van der Waals surface area contributed by atoms with Crippen molar-refractivity contribution < 1.29 is 14.7 Å². The van der Waals surface area contributed by atoms with Crippen molar-refractivity contribution in [2.45, 2.75) is 31.6 Å². The number of nitrogens with zero attached hydrogens (tertiary/aromatic N) is 1. The van der Waals surface area contributed by atoms with Gasteiger partial charge in [0.1, 0.15) is 0 Å². The molecule has 1 atom stereocenters. The molecule has 0 saturated heterocycles. The molecule has 7 heteroatoms. The predicted molar refractivity (Wildman–Crippen MR) is 105 cm³/mol. The molecule has 28 heavy (non-hydrogen) atoms. The zero-order valence-corrected chi connectivity index (χ0v) is 15.1. The molecule has 4 rings (SSSR count). The van der Waals surface area contributed by atoms with E-state index in [0.29, 0.717) is 42.6 Å². The van der Waals surface area contributed by atoms with Crippen molar-refractivity contribution in [2.24, 2.45) is 0 Å². The van der Waals surface area contributed by atoms with Crippen LogP contribution in [-0.2, 0) is 9.59 Å². The van der Waals surface area contributed by atoms with E-state index >= 15 is 0 Å². The molecular formula is C21H19N3O4. The number of rotatable bonds is 1. The van der Waals surface area contributed by atoms with Gasteiger partial charge in [-0.15, -0.1) is 0 Å². The van der Waals surface area contributed by atoms with Gasteiger partial charge in [0.15, 0.2) is 0 Å². The molecular weight excluding hydrogens is 358 g/mol. The summed E-state index contributed by atoms with van der Waals surface area (Å²) >= 11 is 0.